The smallest absolute Gasteiger partial charge is 0.277 e. The minimum absolute atomic E-state index is 0.0348. The Morgan fingerprint density at radius 2 is 2.08 bits per heavy atom. The Morgan fingerprint density at radius 3 is 2.76 bits per heavy atom. The number of rotatable bonds is 6. The number of nitrogens with zero attached hydrogens (tertiary/aromatic N) is 2. The van der Waals surface area contributed by atoms with Gasteiger partial charge in [-0.25, -0.2) is 5.43 Å². The fourth-order valence-corrected chi connectivity index (χ4v) is 2.48. The second-order valence-electron chi connectivity index (χ2n) is 5.24. The lowest BCUT2D eigenvalue weighted by Crippen LogP contribution is -2.25. The van der Waals surface area contributed by atoms with Gasteiger partial charge in [-0.2, -0.15) is 5.10 Å². The summed E-state index contributed by atoms with van der Waals surface area (Å²) < 4.78 is 6.38. The van der Waals surface area contributed by atoms with Crippen LogP contribution in [-0.4, -0.2) is 23.1 Å². The van der Waals surface area contributed by atoms with Crippen molar-refractivity contribution in [3.8, 4) is 5.75 Å². The molecule has 0 unspecified atom stereocenters. The van der Waals surface area contributed by atoms with Gasteiger partial charge in [-0.3, -0.25) is 14.9 Å². The van der Waals surface area contributed by atoms with E-state index in [0.717, 1.165) is 10.0 Å². The summed E-state index contributed by atoms with van der Waals surface area (Å²) in [4.78, 5) is 22.1. The number of nitro benzene ring substituents is 1. The Labute approximate surface area is 153 Å². The molecule has 0 radical (unpaired) electrons. The number of carbonyl (C=O) groups is 1. The fraction of sp³-hybridized carbons (Fsp3) is 0.176. The van der Waals surface area contributed by atoms with Crippen LogP contribution in [0.1, 0.15) is 18.1 Å². The van der Waals surface area contributed by atoms with Crippen molar-refractivity contribution in [2.45, 2.75) is 13.8 Å². The molecular weight excluding hydrogens is 390 g/mol. The maximum Gasteiger partial charge on any atom is 0.277 e. The first-order chi connectivity index (χ1) is 11.9. The highest BCUT2D eigenvalue weighted by molar-refractivity contribution is 9.10. The topological polar surface area (TPSA) is 93.8 Å². The van der Waals surface area contributed by atoms with E-state index in [1.807, 2.05) is 19.1 Å². The minimum atomic E-state index is -0.482. The lowest BCUT2D eigenvalue weighted by atomic mass is 10.1. The molecule has 130 valence electrons. The van der Waals surface area contributed by atoms with Crippen LogP contribution in [0, 0.1) is 17.0 Å². The SMILES string of the molecule is C/C(=N\NC(=O)COc1ccc(Br)cc1C)c1cccc([N+](=O)[O-])c1. The van der Waals surface area contributed by atoms with E-state index in [0.29, 0.717) is 17.0 Å². The average molecular weight is 406 g/mol. The van der Waals surface area contributed by atoms with E-state index in [1.165, 1.54) is 12.1 Å². The molecule has 25 heavy (non-hydrogen) atoms. The number of amides is 1. The zero-order chi connectivity index (χ0) is 18.4. The van der Waals surface area contributed by atoms with Crippen molar-refractivity contribution >= 4 is 33.2 Å². The maximum absolute atomic E-state index is 11.8. The normalized spacial score (nSPS) is 11.1. The molecule has 8 heteroatoms. The van der Waals surface area contributed by atoms with Gasteiger partial charge in [0.2, 0.25) is 0 Å². The fourth-order valence-electron chi connectivity index (χ4n) is 2.01. The summed E-state index contributed by atoms with van der Waals surface area (Å²) in [6, 6.07) is 11.5. The molecule has 7 nitrogen and oxygen atoms in total. The van der Waals surface area contributed by atoms with E-state index < -0.39 is 10.8 Å². The van der Waals surface area contributed by atoms with Crippen molar-refractivity contribution in [2.75, 3.05) is 6.61 Å². The molecule has 0 saturated heterocycles. The summed E-state index contributed by atoms with van der Waals surface area (Å²) in [5, 5.41) is 14.7. The highest BCUT2D eigenvalue weighted by Crippen LogP contribution is 2.22. The zero-order valence-electron chi connectivity index (χ0n) is 13.7. The predicted molar refractivity (Wildman–Crippen MR) is 97.8 cm³/mol. The van der Waals surface area contributed by atoms with Gasteiger partial charge in [-0.15, -0.1) is 0 Å². The standard InChI is InChI=1S/C17H16BrN3O4/c1-11-8-14(18)6-7-16(11)25-10-17(22)20-19-12(2)13-4-3-5-15(9-13)21(23)24/h3-9H,10H2,1-2H3,(H,20,22)/b19-12+. The average Bonchev–Trinajstić information content (AvgIpc) is 2.59. The van der Waals surface area contributed by atoms with Gasteiger partial charge in [0, 0.05) is 22.2 Å². The Kier molecular flexibility index (Phi) is 6.24. The molecule has 1 amide bonds. The van der Waals surface area contributed by atoms with Crippen molar-refractivity contribution in [2.24, 2.45) is 5.10 Å². The number of nitro groups is 1. The summed E-state index contributed by atoms with van der Waals surface area (Å²) in [7, 11) is 0. The van der Waals surface area contributed by atoms with Crippen LogP contribution in [0.15, 0.2) is 52.0 Å². The summed E-state index contributed by atoms with van der Waals surface area (Å²) >= 11 is 3.36. The van der Waals surface area contributed by atoms with Crippen LogP contribution in [-0.2, 0) is 4.79 Å². The number of hydrogen-bond acceptors (Lipinski definition) is 5. The number of hydrazone groups is 1. The van der Waals surface area contributed by atoms with E-state index in [1.54, 1.807) is 25.1 Å². The molecule has 0 aliphatic heterocycles. The van der Waals surface area contributed by atoms with Gasteiger partial charge in [0.25, 0.3) is 11.6 Å². The maximum atomic E-state index is 11.8. The molecule has 0 aliphatic rings. The van der Waals surface area contributed by atoms with E-state index in [2.05, 4.69) is 26.5 Å². The largest absolute Gasteiger partial charge is 0.483 e. The van der Waals surface area contributed by atoms with E-state index in [9.17, 15) is 14.9 Å². The first-order valence-corrected chi connectivity index (χ1v) is 8.13. The molecule has 0 spiro atoms. The second-order valence-corrected chi connectivity index (χ2v) is 6.15. The molecule has 0 heterocycles. The molecule has 0 aliphatic carbocycles. The van der Waals surface area contributed by atoms with Crippen LogP contribution >= 0.6 is 15.9 Å². The van der Waals surface area contributed by atoms with Gasteiger partial charge in [0.15, 0.2) is 6.61 Å². The van der Waals surface area contributed by atoms with Crippen LogP contribution in [0.2, 0.25) is 0 Å². The monoisotopic (exact) mass is 405 g/mol. The van der Waals surface area contributed by atoms with Crippen LogP contribution in [0.4, 0.5) is 5.69 Å². The third-order valence-corrected chi connectivity index (χ3v) is 3.81. The number of hydrogen-bond donors (Lipinski definition) is 1. The molecule has 2 rings (SSSR count). The lowest BCUT2D eigenvalue weighted by molar-refractivity contribution is -0.384. The molecule has 0 saturated carbocycles. The number of halogens is 1. The molecule has 1 N–H and O–H groups in total. The Bertz CT molecular complexity index is 836. The van der Waals surface area contributed by atoms with Crippen molar-refractivity contribution in [1.82, 2.24) is 5.43 Å². The highest BCUT2D eigenvalue weighted by Gasteiger charge is 2.08. The molecule has 0 aromatic heterocycles. The minimum Gasteiger partial charge on any atom is -0.483 e. The van der Waals surface area contributed by atoms with Crippen LogP contribution in [0.5, 0.6) is 5.75 Å². The molecule has 0 bridgehead atoms. The number of ether oxygens (including phenoxy) is 1. The van der Waals surface area contributed by atoms with E-state index in [-0.39, 0.29) is 12.3 Å². The number of carbonyl (C=O) groups excluding carboxylic acids is 1. The first-order valence-electron chi connectivity index (χ1n) is 7.33. The third kappa shape index (κ3) is 5.39. The van der Waals surface area contributed by atoms with Crippen LogP contribution < -0.4 is 10.2 Å². The molecule has 2 aromatic carbocycles. The van der Waals surface area contributed by atoms with Crippen molar-refractivity contribution in [3.63, 3.8) is 0 Å². The van der Waals surface area contributed by atoms with Crippen LogP contribution in [0.3, 0.4) is 0 Å². The Hall–Kier alpha value is -2.74. The highest BCUT2D eigenvalue weighted by atomic mass is 79.9. The quantitative estimate of drug-likeness (QED) is 0.451. The van der Waals surface area contributed by atoms with Gasteiger partial charge in [0.05, 0.1) is 10.6 Å². The summed E-state index contributed by atoms with van der Waals surface area (Å²) in [6.07, 6.45) is 0. The number of non-ortho nitro benzene ring substituents is 1. The van der Waals surface area contributed by atoms with Gasteiger partial charge < -0.3 is 4.74 Å². The first kappa shape index (κ1) is 18.6. The van der Waals surface area contributed by atoms with Gasteiger partial charge in [-0.05, 0) is 37.6 Å². The van der Waals surface area contributed by atoms with Gasteiger partial charge >= 0.3 is 0 Å². The summed E-state index contributed by atoms with van der Waals surface area (Å²) in [6.45, 7) is 3.34. The molecule has 0 fully saturated rings. The lowest BCUT2D eigenvalue weighted by Gasteiger charge is -2.08. The molecule has 2 aromatic rings. The number of benzene rings is 2. The van der Waals surface area contributed by atoms with Crippen molar-refractivity contribution < 1.29 is 14.5 Å². The number of aryl methyl sites for hydroxylation is 1. The van der Waals surface area contributed by atoms with E-state index in [4.69, 9.17) is 4.74 Å². The predicted octanol–water partition coefficient (Wildman–Crippen LogP) is 3.58. The van der Waals surface area contributed by atoms with Gasteiger partial charge in [-0.1, -0.05) is 28.1 Å². The Morgan fingerprint density at radius 1 is 1.32 bits per heavy atom. The zero-order valence-corrected chi connectivity index (χ0v) is 15.2. The van der Waals surface area contributed by atoms with Crippen LogP contribution in [0.25, 0.3) is 0 Å². The van der Waals surface area contributed by atoms with E-state index >= 15 is 0 Å². The van der Waals surface area contributed by atoms with Crippen molar-refractivity contribution in [1.29, 1.82) is 0 Å². The van der Waals surface area contributed by atoms with Gasteiger partial charge in [0.1, 0.15) is 5.75 Å². The molecular formula is C17H16BrN3O4. The summed E-state index contributed by atoms with van der Waals surface area (Å²) in [5.74, 6) is 0.185. The van der Waals surface area contributed by atoms with Crippen molar-refractivity contribution in [3.05, 3.63) is 68.2 Å². The Balaban J connectivity index is 1.95. The summed E-state index contributed by atoms with van der Waals surface area (Å²) in [5.41, 5.74) is 4.25. The third-order valence-electron chi connectivity index (χ3n) is 3.32. The number of nitrogens with one attached hydrogen (secondary N) is 1. The molecule has 0 atom stereocenters. The second kappa shape index (κ2) is 8.39.